The number of carbonyl (C=O) groups is 1. The SMILES string of the molecule is CCCCc1cc(=O)oc2cc(C)cc(OCC(=O)N3CCCC[C@@H]3c3cccnc3)c12. The van der Waals surface area contributed by atoms with Crippen LogP contribution in [0.5, 0.6) is 5.75 Å². The molecule has 1 aromatic carbocycles. The molecule has 1 atom stereocenters. The van der Waals surface area contributed by atoms with Crippen LogP contribution in [0.3, 0.4) is 0 Å². The number of hydrogen-bond donors (Lipinski definition) is 0. The van der Waals surface area contributed by atoms with Gasteiger partial charge < -0.3 is 14.1 Å². The van der Waals surface area contributed by atoms with Gasteiger partial charge in [-0.05, 0) is 73.9 Å². The first-order chi connectivity index (χ1) is 15.6. The highest BCUT2D eigenvalue weighted by Gasteiger charge is 2.28. The minimum Gasteiger partial charge on any atom is -0.483 e. The average Bonchev–Trinajstić information content (AvgIpc) is 2.80. The average molecular weight is 435 g/mol. The fourth-order valence-electron chi connectivity index (χ4n) is 4.52. The minimum atomic E-state index is -0.358. The monoisotopic (exact) mass is 434 g/mol. The van der Waals surface area contributed by atoms with Crippen molar-refractivity contribution >= 4 is 16.9 Å². The highest BCUT2D eigenvalue weighted by molar-refractivity contribution is 5.88. The summed E-state index contributed by atoms with van der Waals surface area (Å²) in [7, 11) is 0. The maximum absolute atomic E-state index is 13.2. The molecule has 0 unspecified atom stereocenters. The molecule has 0 spiro atoms. The Kier molecular flexibility index (Phi) is 6.88. The first-order valence-corrected chi connectivity index (χ1v) is 11.5. The number of likely N-dealkylation sites (tertiary alicyclic amines) is 1. The molecule has 0 aliphatic carbocycles. The third kappa shape index (κ3) is 4.85. The molecule has 168 valence electrons. The van der Waals surface area contributed by atoms with Crippen molar-refractivity contribution in [2.75, 3.05) is 13.2 Å². The number of ether oxygens (including phenoxy) is 1. The summed E-state index contributed by atoms with van der Waals surface area (Å²) >= 11 is 0. The molecule has 6 nitrogen and oxygen atoms in total. The molecule has 0 saturated carbocycles. The van der Waals surface area contributed by atoms with Crippen LogP contribution < -0.4 is 10.4 Å². The molecule has 0 bridgehead atoms. The van der Waals surface area contributed by atoms with Crippen LogP contribution in [-0.4, -0.2) is 28.9 Å². The minimum absolute atomic E-state index is 0.0286. The molecular formula is C26H30N2O4. The number of unbranched alkanes of at least 4 members (excludes halogenated alkanes) is 1. The summed E-state index contributed by atoms with van der Waals surface area (Å²) < 4.78 is 11.6. The van der Waals surface area contributed by atoms with Crippen LogP contribution in [0.1, 0.15) is 61.8 Å². The normalized spacial score (nSPS) is 16.3. The molecule has 6 heteroatoms. The number of aromatic nitrogens is 1. The number of pyridine rings is 1. The molecule has 3 aromatic rings. The molecule has 0 N–H and O–H groups in total. The predicted molar refractivity (Wildman–Crippen MR) is 124 cm³/mol. The number of benzene rings is 1. The number of aryl methyl sites for hydroxylation is 2. The Bertz CT molecular complexity index is 1140. The van der Waals surface area contributed by atoms with Crippen LogP contribution >= 0.6 is 0 Å². The van der Waals surface area contributed by atoms with Crippen molar-refractivity contribution in [2.24, 2.45) is 0 Å². The van der Waals surface area contributed by atoms with E-state index in [1.807, 2.05) is 42.3 Å². The van der Waals surface area contributed by atoms with Gasteiger partial charge in [-0.3, -0.25) is 9.78 Å². The first kappa shape index (κ1) is 22.1. The van der Waals surface area contributed by atoms with Crippen LogP contribution in [-0.2, 0) is 11.2 Å². The Hall–Kier alpha value is -3.15. The van der Waals surface area contributed by atoms with Crippen molar-refractivity contribution in [3.8, 4) is 5.75 Å². The van der Waals surface area contributed by atoms with Crippen molar-refractivity contribution in [1.29, 1.82) is 0 Å². The summed E-state index contributed by atoms with van der Waals surface area (Å²) in [5.74, 6) is 0.554. The van der Waals surface area contributed by atoms with Gasteiger partial charge in [0.05, 0.1) is 11.4 Å². The Labute approximate surface area is 188 Å². The molecule has 1 fully saturated rings. The lowest BCUT2D eigenvalue weighted by atomic mass is 9.96. The molecule has 4 rings (SSSR count). The lowest BCUT2D eigenvalue weighted by molar-refractivity contribution is -0.137. The summed E-state index contributed by atoms with van der Waals surface area (Å²) in [6.45, 7) is 4.70. The topological polar surface area (TPSA) is 72.6 Å². The van der Waals surface area contributed by atoms with E-state index in [4.69, 9.17) is 9.15 Å². The Balaban J connectivity index is 1.59. The van der Waals surface area contributed by atoms with E-state index < -0.39 is 0 Å². The van der Waals surface area contributed by atoms with Gasteiger partial charge in [0.15, 0.2) is 6.61 Å². The van der Waals surface area contributed by atoms with Gasteiger partial charge in [0, 0.05) is 25.0 Å². The van der Waals surface area contributed by atoms with Crippen LogP contribution in [0.25, 0.3) is 11.0 Å². The number of amides is 1. The Morgan fingerprint density at radius 3 is 2.94 bits per heavy atom. The van der Waals surface area contributed by atoms with Gasteiger partial charge in [0.1, 0.15) is 11.3 Å². The lowest BCUT2D eigenvalue weighted by Gasteiger charge is -2.35. The van der Waals surface area contributed by atoms with E-state index in [2.05, 4.69) is 11.9 Å². The molecule has 2 aromatic heterocycles. The van der Waals surface area contributed by atoms with E-state index >= 15 is 0 Å². The largest absolute Gasteiger partial charge is 0.483 e. The van der Waals surface area contributed by atoms with E-state index in [1.54, 1.807) is 12.3 Å². The lowest BCUT2D eigenvalue weighted by Crippen LogP contribution is -2.41. The van der Waals surface area contributed by atoms with E-state index in [0.29, 0.717) is 17.9 Å². The van der Waals surface area contributed by atoms with Gasteiger partial charge in [0.2, 0.25) is 0 Å². The van der Waals surface area contributed by atoms with Gasteiger partial charge in [-0.1, -0.05) is 19.4 Å². The zero-order valence-corrected chi connectivity index (χ0v) is 18.8. The second-order valence-corrected chi connectivity index (χ2v) is 8.50. The maximum Gasteiger partial charge on any atom is 0.336 e. The van der Waals surface area contributed by atoms with Crippen molar-refractivity contribution in [3.63, 3.8) is 0 Å². The van der Waals surface area contributed by atoms with Crippen molar-refractivity contribution in [3.05, 3.63) is 69.8 Å². The van der Waals surface area contributed by atoms with E-state index in [-0.39, 0.29) is 24.2 Å². The second kappa shape index (κ2) is 9.98. The zero-order chi connectivity index (χ0) is 22.5. The summed E-state index contributed by atoms with van der Waals surface area (Å²) in [4.78, 5) is 31.4. The van der Waals surface area contributed by atoms with Crippen molar-refractivity contribution < 1.29 is 13.9 Å². The number of hydrogen-bond acceptors (Lipinski definition) is 5. The van der Waals surface area contributed by atoms with Crippen LogP contribution in [0.2, 0.25) is 0 Å². The number of carbonyl (C=O) groups excluding carboxylic acids is 1. The molecule has 1 aliphatic rings. The predicted octanol–water partition coefficient (Wildman–Crippen LogP) is 4.97. The van der Waals surface area contributed by atoms with Gasteiger partial charge in [-0.25, -0.2) is 4.79 Å². The number of rotatable bonds is 7. The molecule has 3 heterocycles. The van der Waals surface area contributed by atoms with E-state index in [1.165, 1.54) is 0 Å². The highest BCUT2D eigenvalue weighted by atomic mass is 16.5. The smallest absolute Gasteiger partial charge is 0.336 e. The van der Waals surface area contributed by atoms with Crippen molar-refractivity contribution in [1.82, 2.24) is 9.88 Å². The third-order valence-corrected chi connectivity index (χ3v) is 6.08. The van der Waals surface area contributed by atoms with E-state index in [9.17, 15) is 9.59 Å². The maximum atomic E-state index is 13.2. The standard InChI is InChI=1S/C26H30N2O4/c1-3-4-8-19-15-25(30)32-23-14-18(2)13-22(26(19)23)31-17-24(29)28-12-6-5-10-21(28)20-9-7-11-27-16-20/h7,9,11,13-16,21H,3-6,8,10,12,17H2,1-2H3/t21-/m1/s1. The number of fused-ring (bicyclic) bond motifs is 1. The van der Waals surface area contributed by atoms with E-state index in [0.717, 1.165) is 60.6 Å². The summed E-state index contributed by atoms with van der Waals surface area (Å²) in [5, 5.41) is 0.791. The third-order valence-electron chi connectivity index (χ3n) is 6.08. The number of nitrogens with zero attached hydrogens (tertiary/aromatic N) is 2. The Morgan fingerprint density at radius 1 is 1.28 bits per heavy atom. The fraction of sp³-hybridized carbons (Fsp3) is 0.423. The summed E-state index contributed by atoms with van der Waals surface area (Å²) in [6, 6.07) is 9.28. The zero-order valence-electron chi connectivity index (χ0n) is 18.8. The second-order valence-electron chi connectivity index (χ2n) is 8.50. The molecule has 1 saturated heterocycles. The fourth-order valence-corrected chi connectivity index (χ4v) is 4.52. The molecule has 1 amide bonds. The quantitative estimate of drug-likeness (QED) is 0.491. The molecular weight excluding hydrogens is 404 g/mol. The molecule has 32 heavy (non-hydrogen) atoms. The Morgan fingerprint density at radius 2 is 2.16 bits per heavy atom. The number of piperidine rings is 1. The van der Waals surface area contributed by atoms with Crippen LogP contribution in [0.15, 0.2) is 51.9 Å². The van der Waals surface area contributed by atoms with Gasteiger partial charge in [-0.15, -0.1) is 0 Å². The van der Waals surface area contributed by atoms with Gasteiger partial charge >= 0.3 is 5.63 Å². The first-order valence-electron chi connectivity index (χ1n) is 11.5. The molecule has 1 aliphatic heterocycles. The summed E-state index contributed by atoms with van der Waals surface area (Å²) in [6.07, 6.45) is 9.34. The van der Waals surface area contributed by atoms with Gasteiger partial charge in [-0.2, -0.15) is 0 Å². The summed E-state index contributed by atoms with van der Waals surface area (Å²) in [5.41, 5.74) is 3.04. The van der Waals surface area contributed by atoms with Crippen molar-refractivity contribution in [2.45, 2.75) is 58.4 Å². The van der Waals surface area contributed by atoms with Gasteiger partial charge in [0.25, 0.3) is 5.91 Å². The van der Waals surface area contributed by atoms with Crippen LogP contribution in [0.4, 0.5) is 0 Å². The highest BCUT2D eigenvalue weighted by Crippen LogP contribution is 2.33. The van der Waals surface area contributed by atoms with Crippen LogP contribution in [0, 0.1) is 6.92 Å². The molecule has 0 radical (unpaired) electrons.